The van der Waals surface area contributed by atoms with Crippen LogP contribution in [0.25, 0.3) is 11.1 Å². The van der Waals surface area contributed by atoms with Gasteiger partial charge < -0.3 is 15.5 Å². The van der Waals surface area contributed by atoms with Crippen molar-refractivity contribution < 1.29 is 9.21 Å². The molecule has 0 aliphatic heterocycles. The van der Waals surface area contributed by atoms with Crippen LogP contribution < -0.4 is 11.1 Å². The van der Waals surface area contributed by atoms with E-state index in [1.54, 1.807) is 0 Å². The summed E-state index contributed by atoms with van der Waals surface area (Å²) in [5.41, 5.74) is 6.21. The van der Waals surface area contributed by atoms with E-state index in [9.17, 15) is 0 Å². The summed E-state index contributed by atoms with van der Waals surface area (Å²) in [7, 11) is 0. The molecule has 108 valence electrons. The number of hydrogen-bond acceptors (Lipinski definition) is 5. The Balaban J connectivity index is 0.000000452. The maximum atomic E-state index is 8.58. The third-order valence-electron chi connectivity index (χ3n) is 3.56. The van der Waals surface area contributed by atoms with Crippen molar-refractivity contribution in [3.63, 3.8) is 0 Å². The van der Waals surface area contributed by atoms with Crippen molar-refractivity contribution in [3.05, 3.63) is 17.1 Å². The molecule has 2 aromatic rings. The second-order valence-electron chi connectivity index (χ2n) is 5.40. The Bertz CT molecular complexity index is 644. The smallest absolute Gasteiger partial charge is 0.231 e. The standard InChI is InChI=1S/C13H17N3O.CH3NO/c1-7-8(2)17-12-10(7)11(14-9(3)15-12)16-13(4)5-6-13;2-1-3/h5-6H2,1-4H3,(H,14,15,16);1H,(H2,2,3). The second kappa shape index (κ2) is 5.11. The van der Waals surface area contributed by atoms with E-state index in [2.05, 4.69) is 34.9 Å². The highest BCUT2D eigenvalue weighted by Crippen LogP contribution is 2.40. The minimum atomic E-state index is 0.214. The third-order valence-corrected chi connectivity index (χ3v) is 3.56. The summed E-state index contributed by atoms with van der Waals surface area (Å²) in [4.78, 5) is 17.5. The van der Waals surface area contributed by atoms with Crippen LogP contribution in [0.3, 0.4) is 0 Å². The van der Waals surface area contributed by atoms with Crippen LogP contribution in [0, 0.1) is 20.8 Å². The van der Waals surface area contributed by atoms with Crippen molar-refractivity contribution in [2.45, 2.75) is 46.1 Å². The van der Waals surface area contributed by atoms with Crippen molar-refractivity contribution in [2.75, 3.05) is 5.32 Å². The third kappa shape index (κ3) is 2.74. The fourth-order valence-corrected chi connectivity index (χ4v) is 2.05. The van der Waals surface area contributed by atoms with Gasteiger partial charge in [-0.25, -0.2) is 4.98 Å². The molecule has 1 aliphatic rings. The predicted molar refractivity (Wildman–Crippen MR) is 77.5 cm³/mol. The molecule has 1 saturated carbocycles. The molecule has 1 fully saturated rings. The zero-order chi connectivity index (χ0) is 14.9. The zero-order valence-electron chi connectivity index (χ0n) is 12.3. The van der Waals surface area contributed by atoms with Gasteiger partial charge in [-0.05, 0) is 40.5 Å². The summed E-state index contributed by atoms with van der Waals surface area (Å²) >= 11 is 0. The normalized spacial score (nSPS) is 15.4. The van der Waals surface area contributed by atoms with Crippen molar-refractivity contribution >= 4 is 23.3 Å². The molecule has 0 bridgehead atoms. The SMILES string of the molecule is Cc1nc(NC2(C)CC2)c2c(C)c(C)oc2n1.NC=O. The number of nitrogens with two attached hydrogens (primary N) is 1. The number of nitrogens with zero attached hydrogens (tertiary/aromatic N) is 2. The first-order valence-electron chi connectivity index (χ1n) is 6.58. The van der Waals surface area contributed by atoms with Crippen LogP contribution in [0.5, 0.6) is 0 Å². The number of aryl methyl sites for hydroxylation is 3. The average molecular weight is 276 g/mol. The minimum absolute atomic E-state index is 0.214. The van der Waals surface area contributed by atoms with Crippen LogP contribution in [0.4, 0.5) is 5.82 Å². The summed E-state index contributed by atoms with van der Waals surface area (Å²) in [6.07, 6.45) is 2.65. The molecule has 6 nitrogen and oxygen atoms in total. The van der Waals surface area contributed by atoms with Crippen molar-refractivity contribution in [1.82, 2.24) is 9.97 Å². The highest BCUT2D eigenvalue weighted by atomic mass is 16.3. The molecule has 0 spiro atoms. The van der Waals surface area contributed by atoms with Crippen LogP contribution in [0.1, 0.15) is 36.9 Å². The van der Waals surface area contributed by atoms with Crippen LogP contribution >= 0.6 is 0 Å². The number of primary amides is 1. The summed E-state index contributed by atoms with van der Waals surface area (Å²) in [6, 6.07) is 0. The van der Waals surface area contributed by atoms with Gasteiger partial charge >= 0.3 is 0 Å². The first-order chi connectivity index (χ1) is 9.40. The van der Waals surface area contributed by atoms with Gasteiger partial charge in [0, 0.05) is 11.1 Å². The Labute approximate surface area is 117 Å². The number of hydrogen-bond donors (Lipinski definition) is 2. The maximum absolute atomic E-state index is 8.58. The number of furan rings is 1. The second-order valence-corrected chi connectivity index (χ2v) is 5.40. The highest BCUT2D eigenvalue weighted by Gasteiger charge is 2.38. The predicted octanol–water partition coefficient (Wildman–Crippen LogP) is 2.21. The summed E-state index contributed by atoms with van der Waals surface area (Å²) in [5, 5.41) is 4.55. The van der Waals surface area contributed by atoms with Gasteiger partial charge in [-0.1, -0.05) is 0 Å². The molecule has 0 aromatic carbocycles. The van der Waals surface area contributed by atoms with E-state index in [0.29, 0.717) is 5.71 Å². The van der Waals surface area contributed by atoms with Crippen LogP contribution in [-0.2, 0) is 4.79 Å². The van der Waals surface area contributed by atoms with E-state index in [1.807, 2.05) is 13.8 Å². The fourth-order valence-electron chi connectivity index (χ4n) is 2.05. The number of anilines is 1. The molecule has 0 radical (unpaired) electrons. The van der Waals surface area contributed by atoms with Crippen molar-refractivity contribution in [1.29, 1.82) is 0 Å². The molecule has 3 rings (SSSR count). The summed E-state index contributed by atoms with van der Waals surface area (Å²) in [5.74, 6) is 2.59. The molecule has 2 heterocycles. The molecule has 6 heteroatoms. The Morgan fingerprint density at radius 1 is 1.30 bits per heavy atom. The molecule has 1 aliphatic carbocycles. The van der Waals surface area contributed by atoms with E-state index in [4.69, 9.17) is 9.21 Å². The maximum Gasteiger partial charge on any atom is 0.231 e. The number of aromatic nitrogens is 2. The largest absolute Gasteiger partial charge is 0.443 e. The van der Waals surface area contributed by atoms with Gasteiger partial charge in [0.1, 0.15) is 17.4 Å². The first kappa shape index (κ1) is 14.3. The van der Waals surface area contributed by atoms with Crippen molar-refractivity contribution in [2.24, 2.45) is 5.73 Å². The van der Waals surface area contributed by atoms with E-state index in [-0.39, 0.29) is 11.9 Å². The van der Waals surface area contributed by atoms with Crippen LogP contribution in [-0.4, -0.2) is 21.9 Å². The summed E-state index contributed by atoms with van der Waals surface area (Å²) in [6.45, 7) is 8.14. The first-order valence-corrected chi connectivity index (χ1v) is 6.58. The van der Waals surface area contributed by atoms with Gasteiger partial charge in [-0.15, -0.1) is 0 Å². The molecule has 3 N–H and O–H groups in total. The van der Waals surface area contributed by atoms with Gasteiger partial charge in [-0.3, -0.25) is 4.79 Å². The van der Waals surface area contributed by atoms with Gasteiger partial charge in [-0.2, -0.15) is 4.98 Å². The molecule has 2 aromatic heterocycles. The Morgan fingerprint density at radius 2 is 1.90 bits per heavy atom. The molecule has 0 atom stereocenters. The number of amides is 1. The fraction of sp³-hybridized carbons (Fsp3) is 0.500. The molecular formula is C14H20N4O2. The number of fused-ring (bicyclic) bond motifs is 1. The number of rotatable bonds is 2. The van der Waals surface area contributed by atoms with Gasteiger partial charge in [0.25, 0.3) is 0 Å². The van der Waals surface area contributed by atoms with Gasteiger partial charge in [0.05, 0.1) is 5.39 Å². The van der Waals surface area contributed by atoms with Gasteiger partial charge in [0.2, 0.25) is 12.1 Å². The number of nitrogens with one attached hydrogen (secondary N) is 1. The number of carbonyl (C=O) groups is 1. The van der Waals surface area contributed by atoms with E-state index < -0.39 is 0 Å². The molecule has 0 saturated heterocycles. The van der Waals surface area contributed by atoms with E-state index >= 15 is 0 Å². The Hall–Kier alpha value is -2.11. The molecule has 1 amide bonds. The van der Waals surface area contributed by atoms with E-state index in [0.717, 1.165) is 28.4 Å². The molecular weight excluding hydrogens is 256 g/mol. The topological polar surface area (TPSA) is 94.0 Å². The zero-order valence-corrected chi connectivity index (χ0v) is 12.3. The van der Waals surface area contributed by atoms with Gasteiger partial charge in [0.15, 0.2) is 0 Å². The minimum Gasteiger partial charge on any atom is -0.443 e. The average Bonchev–Trinajstić information content (AvgIpc) is 2.99. The lowest BCUT2D eigenvalue weighted by atomic mass is 10.2. The molecule has 20 heavy (non-hydrogen) atoms. The van der Waals surface area contributed by atoms with Crippen molar-refractivity contribution in [3.8, 4) is 0 Å². The van der Waals surface area contributed by atoms with Crippen LogP contribution in [0.15, 0.2) is 4.42 Å². The lowest BCUT2D eigenvalue weighted by Gasteiger charge is -2.13. The van der Waals surface area contributed by atoms with E-state index in [1.165, 1.54) is 12.8 Å². The lowest BCUT2D eigenvalue weighted by molar-refractivity contribution is -0.106. The monoisotopic (exact) mass is 276 g/mol. The van der Waals surface area contributed by atoms with Crippen LogP contribution in [0.2, 0.25) is 0 Å². The Kier molecular flexibility index (Phi) is 3.65. The highest BCUT2D eigenvalue weighted by molar-refractivity contribution is 5.90. The lowest BCUT2D eigenvalue weighted by Crippen LogP contribution is -2.17. The number of carbonyl (C=O) groups excluding carboxylic acids is 1. The summed E-state index contributed by atoms with van der Waals surface area (Å²) < 4.78 is 5.66. The quantitative estimate of drug-likeness (QED) is 0.820. The Morgan fingerprint density at radius 3 is 2.45 bits per heavy atom. The molecule has 0 unspecified atom stereocenters.